The quantitative estimate of drug-likeness (QED) is 0.532. The maximum atomic E-state index is 10.8. The molecule has 0 aromatic heterocycles. The van der Waals surface area contributed by atoms with Crippen molar-refractivity contribution in [2.45, 2.75) is 20.8 Å². The van der Waals surface area contributed by atoms with Gasteiger partial charge in [-0.1, -0.05) is 24.3 Å². The summed E-state index contributed by atoms with van der Waals surface area (Å²) in [4.78, 5) is 10.5. The summed E-state index contributed by atoms with van der Waals surface area (Å²) in [5, 5.41) is 10.8. The van der Waals surface area contributed by atoms with Gasteiger partial charge in [-0.05, 0) is 26.3 Å². The molecule has 0 aliphatic rings. The van der Waals surface area contributed by atoms with E-state index in [4.69, 9.17) is 0 Å². The zero-order valence-electron chi connectivity index (χ0n) is 8.57. The lowest BCUT2D eigenvalue weighted by atomic mass is 10.0. The third kappa shape index (κ3) is 1.82. The smallest absolute Gasteiger partial charge is 0.258 e. The Bertz CT molecular complexity index is 395. The second-order valence-corrected chi connectivity index (χ2v) is 3.20. The van der Waals surface area contributed by atoms with Gasteiger partial charge in [0.1, 0.15) is 0 Å². The third-order valence-electron chi connectivity index (χ3n) is 2.20. The molecule has 0 radical (unpaired) electrons. The maximum absolute atomic E-state index is 10.8. The lowest BCUT2D eigenvalue weighted by Gasteiger charge is -2.04. The fourth-order valence-corrected chi connectivity index (χ4v) is 1.49. The van der Waals surface area contributed by atoms with E-state index in [1.165, 1.54) is 0 Å². The fourth-order valence-electron chi connectivity index (χ4n) is 1.49. The third-order valence-corrected chi connectivity index (χ3v) is 2.20. The number of nitro benzene ring substituents is 1. The molecule has 14 heavy (non-hydrogen) atoms. The van der Waals surface area contributed by atoms with Gasteiger partial charge in [-0.25, -0.2) is 0 Å². The second-order valence-electron chi connectivity index (χ2n) is 3.20. The molecule has 0 N–H and O–H groups in total. The summed E-state index contributed by atoms with van der Waals surface area (Å²) in [7, 11) is 0. The first kappa shape index (κ1) is 10.4. The van der Waals surface area contributed by atoms with E-state index in [9.17, 15) is 10.1 Å². The van der Waals surface area contributed by atoms with Crippen LogP contribution >= 0.6 is 0 Å². The van der Waals surface area contributed by atoms with Crippen molar-refractivity contribution in [3.8, 4) is 0 Å². The number of rotatable bonds is 2. The van der Waals surface area contributed by atoms with E-state index in [1.807, 2.05) is 25.1 Å². The van der Waals surface area contributed by atoms with Crippen LogP contribution in [0.3, 0.4) is 0 Å². The van der Waals surface area contributed by atoms with Gasteiger partial charge >= 0.3 is 0 Å². The van der Waals surface area contributed by atoms with E-state index >= 15 is 0 Å². The highest BCUT2D eigenvalue weighted by Gasteiger charge is 2.15. The molecule has 0 atom stereocenters. The van der Waals surface area contributed by atoms with Crippen LogP contribution in [0, 0.1) is 24.0 Å². The minimum atomic E-state index is -0.322. The highest BCUT2D eigenvalue weighted by atomic mass is 16.6. The van der Waals surface area contributed by atoms with Gasteiger partial charge < -0.3 is 0 Å². The number of benzene rings is 1. The van der Waals surface area contributed by atoms with Gasteiger partial charge in [0, 0.05) is 11.1 Å². The molecule has 0 saturated carbocycles. The first-order chi connectivity index (χ1) is 6.57. The SMILES string of the molecule is C/C=C\c1ccc(C)c([N+](=O)[O-])c1C. The van der Waals surface area contributed by atoms with E-state index in [2.05, 4.69) is 0 Å². The summed E-state index contributed by atoms with van der Waals surface area (Å²) in [5.74, 6) is 0. The summed E-state index contributed by atoms with van der Waals surface area (Å²) < 4.78 is 0. The summed E-state index contributed by atoms with van der Waals surface area (Å²) >= 11 is 0. The molecular formula is C11H13NO2. The Kier molecular flexibility index (Phi) is 3.02. The minimum Gasteiger partial charge on any atom is -0.258 e. The van der Waals surface area contributed by atoms with Gasteiger partial charge in [0.25, 0.3) is 5.69 Å². The topological polar surface area (TPSA) is 43.1 Å². The number of hydrogen-bond donors (Lipinski definition) is 0. The standard InChI is InChI=1S/C11H13NO2/c1-4-5-10-7-6-8(2)11(9(10)3)12(13)14/h4-7H,1-3H3/b5-4-. The second kappa shape index (κ2) is 4.05. The summed E-state index contributed by atoms with van der Waals surface area (Å²) in [6.45, 7) is 5.43. The molecule has 0 saturated heterocycles. The molecule has 3 heteroatoms. The lowest BCUT2D eigenvalue weighted by Crippen LogP contribution is -1.96. The van der Waals surface area contributed by atoms with Crippen molar-refractivity contribution < 1.29 is 4.92 Å². The van der Waals surface area contributed by atoms with Crippen molar-refractivity contribution in [1.82, 2.24) is 0 Å². The maximum Gasteiger partial charge on any atom is 0.275 e. The average Bonchev–Trinajstić information content (AvgIpc) is 2.10. The molecule has 1 aromatic carbocycles. The van der Waals surface area contributed by atoms with E-state index < -0.39 is 0 Å². The molecule has 0 spiro atoms. The molecule has 1 rings (SSSR count). The van der Waals surface area contributed by atoms with E-state index in [0.717, 1.165) is 11.1 Å². The zero-order chi connectivity index (χ0) is 10.7. The van der Waals surface area contributed by atoms with Crippen molar-refractivity contribution >= 4 is 11.8 Å². The van der Waals surface area contributed by atoms with E-state index in [-0.39, 0.29) is 10.6 Å². The molecule has 0 fully saturated rings. The Morgan fingerprint density at radius 2 is 2.00 bits per heavy atom. The van der Waals surface area contributed by atoms with Crippen LogP contribution in [0.4, 0.5) is 5.69 Å². The first-order valence-corrected chi connectivity index (χ1v) is 4.45. The van der Waals surface area contributed by atoms with Crippen LogP contribution in [0.25, 0.3) is 6.08 Å². The van der Waals surface area contributed by atoms with Crippen molar-refractivity contribution in [3.63, 3.8) is 0 Å². The Labute approximate surface area is 83.2 Å². The van der Waals surface area contributed by atoms with Gasteiger partial charge in [0.05, 0.1) is 4.92 Å². The van der Waals surface area contributed by atoms with Gasteiger partial charge in [0.15, 0.2) is 0 Å². The number of allylic oxidation sites excluding steroid dienone is 1. The number of nitrogens with zero attached hydrogens (tertiary/aromatic N) is 1. The largest absolute Gasteiger partial charge is 0.275 e. The molecule has 0 heterocycles. The molecule has 3 nitrogen and oxygen atoms in total. The monoisotopic (exact) mass is 191 g/mol. The van der Waals surface area contributed by atoms with E-state index in [0.29, 0.717) is 5.56 Å². The van der Waals surface area contributed by atoms with Crippen molar-refractivity contribution in [2.24, 2.45) is 0 Å². The number of aryl methyl sites for hydroxylation is 1. The molecule has 0 bridgehead atoms. The molecular weight excluding hydrogens is 178 g/mol. The molecule has 0 amide bonds. The van der Waals surface area contributed by atoms with Crippen molar-refractivity contribution in [2.75, 3.05) is 0 Å². The van der Waals surface area contributed by atoms with E-state index in [1.54, 1.807) is 19.9 Å². The van der Waals surface area contributed by atoms with Crippen LogP contribution in [-0.2, 0) is 0 Å². The Hall–Kier alpha value is -1.64. The minimum absolute atomic E-state index is 0.223. The predicted molar refractivity (Wildman–Crippen MR) is 57.3 cm³/mol. The number of hydrogen-bond acceptors (Lipinski definition) is 2. The van der Waals surface area contributed by atoms with Gasteiger partial charge in [-0.15, -0.1) is 0 Å². The molecule has 1 aromatic rings. The van der Waals surface area contributed by atoms with Crippen molar-refractivity contribution in [3.05, 3.63) is 45.0 Å². The van der Waals surface area contributed by atoms with Crippen molar-refractivity contribution in [1.29, 1.82) is 0 Å². The van der Waals surface area contributed by atoms with Gasteiger partial charge in [0.2, 0.25) is 0 Å². The fraction of sp³-hybridized carbons (Fsp3) is 0.273. The highest BCUT2D eigenvalue weighted by Crippen LogP contribution is 2.26. The number of nitro groups is 1. The zero-order valence-corrected chi connectivity index (χ0v) is 8.57. The Balaban J connectivity index is 3.41. The van der Waals surface area contributed by atoms with Crippen LogP contribution < -0.4 is 0 Å². The van der Waals surface area contributed by atoms with Gasteiger partial charge in [-0.2, -0.15) is 0 Å². The van der Waals surface area contributed by atoms with Gasteiger partial charge in [-0.3, -0.25) is 10.1 Å². The average molecular weight is 191 g/mol. The Morgan fingerprint density at radius 1 is 1.36 bits per heavy atom. The lowest BCUT2D eigenvalue weighted by molar-refractivity contribution is -0.386. The summed E-state index contributed by atoms with van der Waals surface area (Å²) in [6.07, 6.45) is 3.75. The molecule has 0 aliphatic carbocycles. The summed E-state index contributed by atoms with van der Waals surface area (Å²) in [6, 6.07) is 3.68. The summed E-state index contributed by atoms with van der Waals surface area (Å²) in [5.41, 5.74) is 2.57. The first-order valence-electron chi connectivity index (χ1n) is 4.45. The van der Waals surface area contributed by atoms with Crippen LogP contribution in [0.2, 0.25) is 0 Å². The highest BCUT2D eigenvalue weighted by molar-refractivity contribution is 5.62. The van der Waals surface area contributed by atoms with Crippen LogP contribution in [0.15, 0.2) is 18.2 Å². The Morgan fingerprint density at radius 3 is 2.50 bits per heavy atom. The molecule has 74 valence electrons. The normalized spacial score (nSPS) is 10.8. The van der Waals surface area contributed by atoms with Crippen LogP contribution in [-0.4, -0.2) is 4.92 Å². The predicted octanol–water partition coefficient (Wildman–Crippen LogP) is 3.24. The van der Waals surface area contributed by atoms with Crippen LogP contribution in [0.1, 0.15) is 23.6 Å². The molecule has 0 aliphatic heterocycles. The molecule has 0 unspecified atom stereocenters. The van der Waals surface area contributed by atoms with Crippen LogP contribution in [0.5, 0.6) is 0 Å².